The van der Waals surface area contributed by atoms with Crippen molar-refractivity contribution in [1.29, 1.82) is 0 Å². The molecule has 20 heavy (non-hydrogen) atoms. The molecule has 2 unspecified atom stereocenters. The molecule has 0 saturated carbocycles. The molecule has 0 fully saturated rings. The number of aliphatic hydroxyl groups is 4. The molecule has 0 aliphatic carbocycles. The SMILES string of the molecule is C=C(C)C(=O)O.C=C(C)C(=O)O.CC(O)C(O)C(O)O. The molecule has 0 aromatic heterocycles. The molecular formula is C12H22O8. The van der Waals surface area contributed by atoms with Crippen LogP contribution in [0.2, 0.25) is 0 Å². The number of rotatable bonds is 4. The fourth-order valence-corrected chi connectivity index (χ4v) is 0.249. The zero-order valence-electron chi connectivity index (χ0n) is 11.6. The Balaban J connectivity index is -0.000000221. The first kappa shape index (κ1) is 23.4. The molecule has 8 nitrogen and oxygen atoms in total. The second-order valence-electron chi connectivity index (χ2n) is 3.82. The fourth-order valence-electron chi connectivity index (χ4n) is 0.249. The van der Waals surface area contributed by atoms with Crippen molar-refractivity contribution in [3.8, 4) is 0 Å². The van der Waals surface area contributed by atoms with E-state index in [1.54, 1.807) is 0 Å². The van der Waals surface area contributed by atoms with Gasteiger partial charge in [-0.2, -0.15) is 0 Å². The Morgan fingerprint density at radius 3 is 1.05 bits per heavy atom. The third-order valence-electron chi connectivity index (χ3n) is 1.53. The average molecular weight is 294 g/mol. The first-order valence-electron chi connectivity index (χ1n) is 5.34. The maximum Gasteiger partial charge on any atom is 0.330 e. The molecule has 0 rings (SSSR count). The lowest BCUT2D eigenvalue weighted by molar-refractivity contribution is -0.153. The fraction of sp³-hybridized carbons (Fsp3) is 0.500. The van der Waals surface area contributed by atoms with Crippen LogP contribution in [0.15, 0.2) is 24.3 Å². The molecule has 2 atom stereocenters. The zero-order valence-corrected chi connectivity index (χ0v) is 11.6. The molecule has 6 N–H and O–H groups in total. The van der Waals surface area contributed by atoms with Gasteiger partial charge in [0.2, 0.25) is 0 Å². The van der Waals surface area contributed by atoms with Crippen molar-refractivity contribution in [2.45, 2.75) is 39.3 Å². The van der Waals surface area contributed by atoms with E-state index in [1.165, 1.54) is 20.8 Å². The first-order chi connectivity index (χ1) is 8.84. The van der Waals surface area contributed by atoms with Crippen LogP contribution in [-0.4, -0.2) is 61.1 Å². The number of hydrogen-bond acceptors (Lipinski definition) is 6. The second kappa shape index (κ2) is 12.3. The highest BCUT2D eigenvalue weighted by Gasteiger charge is 2.17. The minimum atomic E-state index is -1.85. The van der Waals surface area contributed by atoms with Gasteiger partial charge in [-0.3, -0.25) is 0 Å². The normalized spacial score (nSPS) is 12.0. The third-order valence-corrected chi connectivity index (χ3v) is 1.53. The average Bonchev–Trinajstić information content (AvgIpc) is 2.28. The van der Waals surface area contributed by atoms with Crippen LogP contribution >= 0.6 is 0 Å². The summed E-state index contributed by atoms with van der Waals surface area (Å²) in [6.45, 7) is 10.5. The summed E-state index contributed by atoms with van der Waals surface area (Å²) in [4.78, 5) is 19.2. The number of carboxylic acids is 2. The Hall–Kier alpha value is -1.74. The van der Waals surface area contributed by atoms with Crippen LogP contribution in [0.25, 0.3) is 0 Å². The highest BCUT2D eigenvalue weighted by atomic mass is 16.5. The van der Waals surface area contributed by atoms with Crippen molar-refractivity contribution in [1.82, 2.24) is 0 Å². The van der Waals surface area contributed by atoms with E-state index >= 15 is 0 Å². The van der Waals surface area contributed by atoms with Gasteiger partial charge in [0.15, 0.2) is 6.29 Å². The largest absolute Gasteiger partial charge is 0.478 e. The summed E-state index contributed by atoms with van der Waals surface area (Å²) in [6, 6.07) is 0. The summed E-state index contributed by atoms with van der Waals surface area (Å²) >= 11 is 0. The molecule has 0 saturated heterocycles. The van der Waals surface area contributed by atoms with Crippen LogP contribution in [-0.2, 0) is 9.59 Å². The van der Waals surface area contributed by atoms with Gasteiger partial charge in [-0.1, -0.05) is 13.2 Å². The predicted molar refractivity (Wildman–Crippen MR) is 70.8 cm³/mol. The van der Waals surface area contributed by atoms with Gasteiger partial charge in [-0.25, -0.2) is 9.59 Å². The number of aliphatic carboxylic acids is 2. The van der Waals surface area contributed by atoms with Gasteiger partial charge < -0.3 is 30.6 Å². The quantitative estimate of drug-likeness (QED) is 0.294. The molecule has 0 aliphatic heterocycles. The lowest BCUT2D eigenvalue weighted by atomic mass is 10.2. The monoisotopic (exact) mass is 294 g/mol. The van der Waals surface area contributed by atoms with Gasteiger partial charge in [0.05, 0.1) is 6.10 Å². The Kier molecular flexibility index (Phi) is 14.4. The molecular weight excluding hydrogens is 272 g/mol. The summed E-state index contributed by atoms with van der Waals surface area (Å²) in [5.74, 6) is -1.87. The minimum Gasteiger partial charge on any atom is -0.478 e. The molecule has 0 aliphatic rings. The van der Waals surface area contributed by atoms with Crippen LogP contribution in [0.5, 0.6) is 0 Å². The Bertz CT molecular complexity index is 276. The van der Waals surface area contributed by atoms with E-state index in [-0.39, 0.29) is 11.1 Å². The van der Waals surface area contributed by atoms with E-state index in [4.69, 9.17) is 30.6 Å². The maximum absolute atomic E-state index is 9.60. The summed E-state index contributed by atoms with van der Waals surface area (Å²) in [5, 5.41) is 48.9. The van der Waals surface area contributed by atoms with Gasteiger partial charge in [-0.15, -0.1) is 0 Å². The van der Waals surface area contributed by atoms with E-state index in [9.17, 15) is 9.59 Å². The molecule has 0 spiro atoms. The molecule has 0 aromatic rings. The van der Waals surface area contributed by atoms with E-state index in [0.717, 1.165) is 0 Å². The Morgan fingerprint density at radius 1 is 0.850 bits per heavy atom. The number of hydrogen-bond donors (Lipinski definition) is 6. The Labute approximate surface area is 116 Å². The van der Waals surface area contributed by atoms with Gasteiger partial charge in [0.1, 0.15) is 6.10 Å². The van der Waals surface area contributed by atoms with Crippen molar-refractivity contribution >= 4 is 11.9 Å². The molecule has 118 valence electrons. The number of carboxylic acid groups (broad SMARTS) is 2. The first-order valence-corrected chi connectivity index (χ1v) is 5.34. The summed E-state index contributed by atoms with van der Waals surface area (Å²) < 4.78 is 0. The van der Waals surface area contributed by atoms with Crippen molar-refractivity contribution in [2.75, 3.05) is 0 Å². The van der Waals surface area contributed by atoms with Crippen LogP contribution < -0.4 is 0 Å². The molecule has 0 radical (unpaired) electrons. The molecule has 0 bridgehead atoms. The smallest absolute Gasteiger partial charge is 0.330 e. The Morgan fingerprint density at radius 2 is 1.05 bits per heavy atom. The van der Waals surface area contributed by atoms with Crippen LogP contribution in [0.3, 0.4) is 0 Å². The van der Waals surface area contributed by atoms with Crippen LogP contribution in [0.1, 0.15) is 20.8 Å². The van der Waals surface area contributed by atoms with E-state index in [2.05, 4.69) is 13.2 Å². The standard InChI is InChI=1S/C4H10O4.2C4H6O2/c1-2(5)3(6)4(7)8;2*1-3(2)4(5)6/h2-8H,1H3;2*1H2,2H3,(H,5,6). The minimum absolute atomic E-state index is 0.176. The van der Waals surface area contributed by atoms with E-state index < -0.39 is 30.4 Å². The number of carbonyl (C=O) groups is 2. The van der Waals surface area contributed by atoms with E-state index in [0.29, 0.717) is 0 Å². The van der Waals surface area contributed by atoms with Gasteiger partial charge in [0.25, 0.3) is 0 Å². The summed E-state index contributed by atoms with van der Waals surface area (Å²) in [7, 11) is 0. The summed E-state index contributed by atoms with van der Waals surface area (Å²) in [6.07, 6.45) is -4.42. The van der Waals surface area contributed by atoms with Crippen molar-refractivity contribution in [3.05, 3.63) is 24.3 Å². The highest BCUT2D eigenvalue weighted by molar-refractivity contribution is 5.85. The van der Waals surface area contributed by atoms with Crippen LogP contribution in [0.4, 0.5) is 0 Å². The van der Waals surface area contributed by atoms with Crippen molar-refractivity contribution in [3.63, 3.8) is 0 Å². The van der Waals surface area contributed by atoms with Crippen molar-refractivity contribution < 1.29 is 40.2 Å². The highest BCUT2D eigenvalue weighted by Crippen LogP contribution is 1.94. The van der Waals surface area contributed by atoms with Gasteiger partial charge in [-0.05, 0) is 20.8 Å². The third kappa shape index (κ3) is 18.6. The lowest BCUT2D eigenvalue weighted by Crippen LogP contribution is -2.34. The topological polar surface area (TPSA) is 156 Å². The lowest BCUT2D eigenvalue weighted by Gasteiger charge is -2.14. The van der Waals surface area contributed by atoms with Gasteiger partial charge >= 0.3 is 11.9 Å². The second-order valence-corrected chi connectivity index (χ2v) is 3.82. The molecule has 0 aromatic carbocycles. The van der Waals surface area contributed by atoms with Crippen molar-refractivity contribution in [2.24, 2.45) is 0 Å². The molecule has 0 heterocycles. The molecule has 0 amide bonds. The zero-order chi connectivity index (χ0) is 17.0. The van der Waals surface area contributed by atoms with Crippen LogP contribution in [0, 0.1) is 0 Å². The predicted octanol–water partition coefficient (Wildman–Crippen LogP) is -0.667. The maximum atomic E-state index is 9.60. The molecule has 8 heteroatoms. The number of aliphatic hydroxyl groups excluding tert-OH is 3. The summed E-state index contributed by atoms with van der Waals surface area (Å²) in [5.41, 5.74) is 0.352. The van der Waals surface area contributed by atoms with E-state index in [1.807, 2.05) is 0 Å². The van der Waals surface area contributed by atoms with Gasteiger partial charge in [0, 0.05) is 11.1 Å².